The molecule has 4 nitrogen and oxygen atoms in total. The first-order valence-corrected chi connectivity index (χ1v) is 11.3. The first-order chi connectivity index (χ1) is 14.8. The van der Waals surface area contributed by atoms with Gasteiger partial charge < -0.3 is 9.51 Å². The minimum Gasteiger partial charge on any atom is -0.387 e. The van der Waals surface area contributed by atoms with E-state index >= 15 is 0 Å². The Hall–Kier alpha value is -2.72. The summed E-state index contributed by atoms with van der Waals surface area (Å²) < 4.78 is 2.13. The molecule has 1 N–H and O–H groups in total. The number of pyridine rings is 2. The molecule has 1 atom stereocenters. The zero-order valence-corrected chi connectivity index (χ0v) is 17.1. The number of hydrogen-bond acceptors (Lipinski definition) is 3. The molecule has 2 aliphatic rings. The summed E-state index contributed by atoms with van der Waals surface area (Å²) in [6, 6.07) is 15.0. The summed E-state index contributed by atoms with van der Waals surface area (Å²) in [5.74, 6) is 1.47. The van der Waals surface area contributed by atoms with Crippen molar-refractivity contribution in [2.24, 2.45) is 5.92 Å². The van der Waals surface area contributed by atoms with Crippen molar-refractivity contribution in [2.75, 3.05) is 0 Å². The van der Waals surface area contributed by atoms with Gasteiger partial charge in [-0.15, -0.1) is 0 Å². The van der Waals surface area contributed by atoms with Crippen LogP contribution in [0.2, 0.25) is 0 Å². The van der Waals surface area contributed by atoms with Crippen molar-refractivity contribution in [3.63, 3.8) is 0 Å². The van der Waals surface area contributed by atoms with Gasteiger partial charge in [0.2, 0.25) is 0 Å². The predicted molar refractivity (Wildman–Crippen MR) is 119 cm³/mol. The highest BCUT2D eigenvalue weighted by Gasteiger charge is 2.34. The maximum absolute atomic E-state index is 11.5. The molecule has 0 radical (unpaired) electrons. The van der Waals surface area contributed by atoms with Crippen molar-refractivity contribution in [1.29, 1.82) is 0 Å². The SMILES string of the molecule is O[C@H](c1c(C2CC2)ccc2cncn12)[C@H]1CC[C@H](c2ccnc3ccccc32)CC1. The number of imidazole rings is 1. The van der Waals surface area contributed by atoms with Gasteiger partial charge in [-0.05, 0) is 85.6 Å². The van der Waals surface area contributed by atoms with Crippen LogP contribution < -0.4 is 0 Å². The number of aromatic nitrogens is 3. The number of rotatable bonds is 4. The van der Waals surface area contributed by atoms with E-state index in [2.05, 4.69) is 56.8 Å². The van der Waals surface area contributed by atoms with Gasteiger partial charge in [0.25, 0.3) is 0 Å². The highest BCUT2D eigenvalue weighted by Crippen LogP contribution is 2.47. The van der Waals surface area contributed by atoms with Gasteiger partial charge in [0.15, 0.2) is 0 Å². The Morgan fingerprint density at radius 2 is 1.63 bits per heavy atom. The second-order valence-electron chi connectivity index (χ2n) is 9.11. The molecule has 4 aromatic rings. The first kappa shape index (κ1) is 18.1. The van der Waals surface area contributed by atoms with E-state index < -0.39 is 6.10 Å². The van der Waals surface area contributed by atoms with Gasteiger partial charge in [0.1, 0.15) is 0 Å². The van der Waals surface area contributed by atoms with Crippen LogP contribution >= 0.6 is 0 Å². The Morgan fingerprint density at radius 3 is 2.47 bits per heavy atom. The van der Waals surface area contributed by atoms with Crippen LogP contribution in [-0.4, -0.2) is 19.5 Å². The summed E-state index contributed by atoms with van der Waals surface area (Å²) in [4.78, 5) is 8.86. The molecule has 3 heterocycles. The fourth-order valence-electron chi connectivity index (χ4n) is 5.53. The fraction of sp³-hybridized carbons (Fsp3) is 0.385. The zero-order chi connectivity index (χ0) is 20.1. The van der Waals surface area contributed by atoms with E-state index in [9.17, 15) is 5.11 Å². The van der Waals surface area contributed by atoms with Crippen LogP contribution in [0, 0.1) is 5.92 Å². The lowest BCUT2D eigenvalue weighted by atomic mass is 9.75. The Morgan fingerprint density at radius 1 is 0.867 bits per heavy atom. The lowest BCUT2D eigenvalue weighted by molar-refractivity contribution is 0.0755. The minimum atomic E-state index is -0.423. The number of nitrogens with zero attached hydrogens (tertiary/aromatic N) is 3. The average Bonchev–Trinajstić information content (AvgIpc) is 3.54. The average molecular weight is 398 g/mol. The minimum absolute atomic E-state index is 0.305. The fourth-order valence-corrected chi connectivity index (χ4v) is 5.53. The van der Waals surface area contributed by atoms with E-state index in [-0.39, 0.29) is 0 Å². The van der Waals surface area contributed by atoms with Gasteiger partial charge in [-0.3, -0.25) is 4.98 Å². The van der Waals surface area contributed by atoms with Crippen molar-refractivity contribution >= 4 is 16.4 Å². The zero-order valence-electron chi connectivity index (χ0n) is 17.1. The Balaban J connectivity index is 1.27. The molecule has 1 aromatic carbocycles. The largest absolute Gasteiger partial charge is 0.387 e. The molecule has 0 aliphatic heterocycles. The standard InChI is InChI=1S/C26H27N3O/c30-26(25-22(18-5-6-18)12-11-20-15-27-16-29(20)25)19-9-7-17(8-10-19)21-13-14-28-24-4-2-1-3-23(21)24/h1-4,11-19,26,30H,5-10H2/t17-,19-,26-/m0/s1. The molecule has 4 heteroatoms. The number of aliphatic hydroxyl groups is 1. The van der Waals surface area contributed by atoms with Crippen LogP contribution in [0.3, 0.4) is 0 Å². The van der Waals surface area contributed by atoms with Crippen molar-refractivity contribution in [1.82, 2.24) is 14.4 Å². The quantitative estimate of drug-likeness (QED) is 0.476. The van der Waals surface area contributed by atoms with E-state index in [1.807, 2.05) is 18.7 Å². The van der Waals surface area contributed by atoms with Crippen molar-refractivity contribution in [2.45, 2.75) is 56.5 Å². The third-order valence-corrected chi connectivity index (χ3v) is 7.29. The van der Waals surface area contributed by atoms with E-state index in [0.29, 0.717) is 17.8 Å². The molecular weight excluding hydrogens is 370 g/mol. The second kappa shape index (κ2) is 7.21. The van der Waals surface area contributed by atoms with Crippen molar-refractivity contribution in [3.8, 4) is 0 Å². The number of para-hydroxylation sites is 1. The molecule has 2 fully saturated rings. The lowest BCUT2D eigenvalue weighted by Gasteiger charge is -2.33. The Bertz CT molecular complexity index is 1200. The molecule has 6 rings (SSSR count). The van der Waals surface area contributed by atoms with Gasteiger partial charge in [-0.25, -0.2) is 4.98 Å². The highest BCUT2D eigenvalue weighted by atomic mass is 16.3. The van der Waals surface area contributed by atoms with Crippen LogP contribution in [-0.2, 0) is 0 Å². The number of fused-ring (bicyclic) bond motifs is 2. The van der Waals surface area contributed by atoms with Crippen molar-refractivity contribution in [3.05, 3.63) is 78.0 Å². The summed E-state index contributed by atoms with van der Waals surface area (Å²) in [5.41, 5.74) is 5.99. The molecule has 152 valence electrons. The normalized spacial score (nSPS) is 23.1. The van der Waals surface area contributed by atoms with E-state index in [1.165, 1.54) is 29.4 Å². The molecule has 2 saturated carbocycles. The Kier molecular flexibility index (Phi) is 4.34. The van der Waals surface area contributed by atoms with E-state index in [0.717, 1.165) is 42.4 Å². The highest BCUT2D eigenvalue weighted by molar-refractivity contribution is 5.82. The maximum atomic E-state index is 11.5. The van der Waals surface area contributed by atoms with Crippen LogP contribution in [0.1, 0.15) is 73.3 Å². The van der Waals surface area contributed by atoms with E-state index in [4.69, 9.17) is 0 Å². The van der Waals surface area contributed by atoms with Gasteiger partial charge >= 0.3 is 0 Å². The molecule has 0 bridgehead atoms. The summed E-state index contributed by atoms with van der Waals surface area (Å²) in [6.07, 6.45) is 12.1. The third-order valence-electron chi connectivity index (χ3n) is 7.29. The number of aliphatic hydroxyl groups excluding tert-OH is 1. The molecule has 0 unspecified atom stereocenters. The molecule has 0 amide bonds. The van der Waals surface area contributed by atoms with Crippen LogP contribution in [0.15, 0.2) is 61.2 Å². The number of hydrogen-bond donors (Lipinski definition) is 1. The van der Waals surface area contributed by atoms with Crippen LogP contribution in [0.4, 0.5) is 0 Å². The maximum Gasteiger partial charge on any atom is 0.0995 e. The molecule has 2 aliphatic carbocycles. The molecule has 3 aromatic heterocycles. The topological polar surface area (TPSA) is 50.4 Å². The van der Waals surface area contributed by atoms with Gasteiger partial charge in [-0.1, -0.05) is 24.3 Å². The first-order valence-electron chi connectivity index (χ1n) is 11.3. The van der Waals surface area contributed by atoms with Gasteiger partial charge in [-0.2, -0.15) is 0 Å². The van der Waals surface area contributed by atoms with Crippen molar-refractivity contribution < 1.29 is 5.11 Å². The third kappa shape index (κ3) is 3.02. The summed E-state index contributed by atoms with van der Waals surface area (Å²) in [6.45, 7) is 0. The summed E-state index contributed by atoms with van der Waals surface area (Å²) in [7, 11) is 0. The lowest BCUT2D eigenvalue weighted by Crippen LogP contribution is -2.22. The monoisotopic (exact) mass is 397 g/mol. The summed E-state index contributed by atoms with van der Waals surface area (Å²) >= 11 is 0. The van der Waals surface area contributed by atoms with Crippen LogP contribution in [0.5, 0.6) is 0 Å². The van der Waals surface area contributed by atoms with Gasteiger partial charge in [0.05, 0.1) is 35.4 Å². The molecular formula is C26H27N3O. The summed E-state index contributed by atoms with van der Waals surface area (Å²) in [5, 5.41) is 12.8. The Labute approximate surface area is 176 Å². The molecule has 30 heavy (non-hydrogen) atoms. The van der Waals surface area contributed by atoms with Crippen LogP contribution in [0.25, 0.3) is 16.4 Å². The molecule has 0 saturated heterocycles. The van der Waals surface area contributed by atoms with Gasteiger partial charge in [0, 0.05) is 11.6 Å². The van der Waals surface area contributed by atoms with E-state index in [1.54, 1.807) is 0 Å². The molecule has 0 spiro atoms. The smallest absolute Gasteiger partial charge is 0.0995 e. The second-order valence-corrected chi connectivity index (χ2v) is 9.11. The predicted octanol–water partition coefficient (Wildman–Crippen LogP) is 5.77. The number of benzene rings is 1.